The van der Waals surface area contributed by atoms with Crippen LogP contribution < -0.4 is 5.73 Å². The summed E-state index contributed by atoms with van der Waals surface area (Å²) in [4.78, 5) is 0. The number of hydrogen-bond acceptors (Lipinski definition) is 2. The number of nitrogens with zero attached hydrogens (tertiary/aromatic N) is 1. The Bertz CT molecular complexity index is 762. The predicted molar refractivity (Wildman–Crippen MR) is 114 cm³/mol. The molecule has 3 rings (SSSR count). The molecule has 1 heterocycles. The number of aliphatic hydroxyl groups is 1. The van der Waals surface area contributed by atoms with Crippen molar-refractivity contribution in [3.63, 3.8) is 0 Å². The molecule has 28 heavy (non-hydrogen) atoms. The number of para-hydroxylation sites is 1. The Morgan fingerprint density at radius 1 is 0.929 bits per heavy atom. The van der Waals surface area contributed by atoms with Gasteiger partial charge in [0, 0.05) is 54.4 Å². The first kappa shape index (κ1) is 24.8. The van der Waals surface area contributed by atoms with E-state index < -0.39 is 0 Å². The van der Waals surface area contributed by atoms with E-state index in [4.69, 9.17) is 10.8 Å². The zero-order valence-electron chi connectivity index (χ0n) is 17.4. The van der Waals surface area contributed by atoms with Crippen LogP contribution >= 0.6 is 0 Å². The Morgan fingerprint density at radius 2 is 1.50 bits per heavy atom. The van der Waals surface area contributed by atoms with E-state index in [9.17, 15) is 0 Å². The number of rotatable bonds is 4. The zero-order valence-corrected chi connectivity index (χ0v) is 21.6. The van der Waals surface area contributed by atoms with Gasteiger partial charge in [-0.25, -0.2) is 0 Å². The van der Waals surface area contributed by atoms with Gasteiger partial charge in [-0.05, 0) is 49.8 Å². The third-order valence-electron chi connectivity index (χ3n) is 4.55. The fraction of sp³-hybridized carbons (Fsp3) is 0.417. The molecule has 3 N–H and O–H groups in total. The quantitative estimate of drug-likeness (QED) is 0.478. The molecule has 0 amide bonds. The maximum absolute atomic E-state index is 8.95. The van der Waals surface area contributed by atoms with Crippen molar-refractivity contribution in [2.75, 3.05) is 6.61 Å². The first-order valence-corrected chi connectivity index (χ1v) is 9.46. The largest absolute Gasteiger partial charge is 0.680 e. The van der Waals surface area contributed by atoms with Gasteiger partial charge in [-0.2, -0.15) is 0 Å². The van der Waals surface area contributed by atoms with Gasteiger partial charge in [-0.1, -0.05) is 62.1 Å². The van der Waals surface area contributed by atoms with Crippen LogP contribution in [0, 0.1) is 48.4 Å². The molecule has 0 saturated heterocycles. The van der Waals surface area contributed by atoms with Gasteiger partial charge in [0.2, 0.25) is 0 Å². The summed E-state index contributed by atoms with van der Waals surface area (Å²) >= 11 is 0. The Morgan fingerprint density at radius 3 is 2.14 bits per heavy atom. The molecular formula is C24H31N2OU-. The smallest absolute Gasteiger partial charge is 0.0482 e. The van der Waals surface area contributed by atoms with E-state index >= 15 is 0 Å². The molecule has 0 aliphatic carbocycles. The van der Waals surface area contributed by atoms with Gasteiger partial charge in [0.15, 0.2) is 0 Å². The third-order valence-corrected chi connectivity index (χ3v) is 4.55. The second-order valence-corrected chi connectivity index (χ2v) is 8.55. The van der Waals surface area contributed by atoms with Crippen LogP contribution in [0.25, 0.3) is 5.32 Å². The minimum atomic E-state index is -0.105. The summed E-state index contributed by atoms with van der Waals surface area (Å²) in [5, 5.41) is 13.5. The van der Waals surface area contributed by atoms with E-state index in [0.29, 0.717) is 6.54 Å². The molecule has 0 atom stereocenters. The van der Waals surface area contributed by atoms with Crippen molar-refractivity contribution < 1.29 is 36.2 Å². The van der Waals surface area contributed by atoms with Crippen LogP contribution in [0.5, 0.6) is 0 Å². The van der Waals surface area contributed by atoms with Crippen molar-refractivity contribution in [3.8, 4) is 11.8 Å². The fourth-order valence-electron chi connectivity index (χ4n) is 2.54. The number of nitrogens with two attached hydrogens (primary N) is 1. The second kappa shape index (κ2) is 11.1. The third kappa shape index (κ3) is 8.42. The fourth-order valence-corrected chi connectivity index (χ4v) is 2.54. The van der Waals surface area contributed by atoms with Crippen LogP contribution in [-0.4, -0.2) is 17.3 Å². The van der Waals surface area contributed by atoms with Crippen molar-refractivity contribution in [1.29, 1.82) is 0 Å². The molecule has 2 aromatic carbocycles. The minimum Gasteiger partial charge on any atom is -0.680 e. The zero-order chi connectivity index (χ0) is 19.9. The summed E-state index contributed by atoms with van der Waals surface area (Å²) in [7, 11) is 0. The average molecular weight is 602 g/mol. The van der Waals surface area contributed by atoms with Gasteiger partial charge in [0.25, 0.3) is 0 Å². The number of hydrogen-bond donors (Lipinski definition) is 2. The van der Waals surface area contributed by atoms with Gasteiger partial charge < -0.3 is 16.2 Å². The number of benzene rings is 2. The topological polar surface area (TPSA) is 60.4 Å². The summed E-state index contributed by atoms with van der Waals surface area (Å²) < 4.78 is 0. The minimum absolute atomic E-state index is 0. The predicted octanol–water partition coefficient (Wildman–Crippen LogP) is 5.13. The summed E-state index contributed by atoms with van der Waals surface area (Å²) in [5.74, 6) is 6.39. The van der Waals surface area contributed by atoms with E-state index in [1.165, 1.54) is 5.56 Å². The molecule has 148 valence electrons. The summed E-state index contributed by atoms with van der Waals surface area (Å²) in [6.07, 6.45) is 1.94. The molecule has 0 aromatic heterocycles. The SMILES string of the molecule is C1#Cc2ccccc2[N-]Cc2ccccc21.CC(C)(N)CCC(C)(C)CO.[U]. The molecule has 0 saturated carbocycles. The van der Waals surface area contributed by atoms with E-state index in [1.54, 1.807) is 0 Å². The van der Waals surface area contributed by atoms with Crippen LogP contribution in [0.15, 0.2) is 48.5 Å². The Kier molecular flexibility index (Phi) is 9.82. The van der Waals surface area contributed by atoms with Crippen LogP contribution in [0.1, 0.15) is 57.2 Å². The van der Waals surface area contributed by atoms with E-state index in [0.717, 1.165) is 29.7 Å². The molecule has 3 nitrogen and oxygen atoms in total. The Hall–Kier alpha value is -1.23. The van der Waals surface area contributed by atoms with Crippen molar-refractivity contribution in [1.82, 2.24) is 0 Å². The Balaban J connectivity index is 0.000000292. The average Bonchev–Trinajstić information content (AvgIpc) is 2.62. The summed E-state index contributed by atoms with van der Waals surface area (Å²) in [5.41, 5.74) is 10.0. The first-order valence-electron chi connectivity index (χ1n) is 9.46. The van der Waals surface area contributed by atoms with E-state index in [1.807, 2.05) is 56.3 Å². The molecule has 0 fully saturated rings. The summed E-state index contributed by atoms with van der Waals surface area (Å²) in [6, 6.07) is 16.2. The van der Waals surface area contributed by atoms with E-state index in [-0.39, 0.29) is 48.7 Å². The normalized spacial score (nSPS) is 12.2. The van der Waals surface area contributed by atoms with Crippen LogP contribution in [0.3, 0.4) is 0 Å². The van der Waals surface area contributed by atoms with Crippen molar-refractivity contribution in [2.45, 2.75) is 52.6 Å². The van der Waals surface area contributed by atoms with Crippen molar-refractivity contribution in [3.05, 3.63) is 70.5 Å². The van der Waals surface area contributed by atoms with Crippen LogP contribution in [-0.2, 0) is 6.54 Å². The number of fused-ring (bicyclic) bond motifs is 2. The number of aliphatic hydroxyl groups excluding tert-OH is 1. The molecule has 0 bridgehead atoms. The second-order valence-electron chi connectivity index (χ2n) is 8.55. The molecule has 1 aliphatic heterocycles. The van der Waals surface area contributed by atoms with Crippen LogP contribution in [0.2, 0.25) is 0 Å². The standard InChI is InChI=1S/C15H10N.C9H21NO.U/c1-2-7-14-11-16-15-8-4-3-6-13(15)10-9-12(14)5-1;1-8(2,7-11)5-6-9(3,4)10;/h1-8H,11H2;11H,5-7,10H2,1-4H3;/q-1;;. The van der Waals surface area contributed by atoms with Crippen LogP contribution in [0.4, 0.5) is 5.69 Å². The molecule has 0 unspecified atom stereocenters. The monoisotopic (exact) mass is 601 g/mol. The molecule has 1 aliphatic rings. The van der Waals surface area contributed by atoms with Gasteiger partial charge in [0.05, 0.1) is 0 Å². The van der Waals surface area contributed by atoms with Gasteiger partial charge in [0.1, 0.15) is 0 Å². The Labute approximate surface area is 193 Å². The molecule has 0 radical (unpaired) electrons. The van der Waals surface area contributed by atoms with Crippen molar-refractivity contribution in [2.24, 2.45) is 11.1 Å². The molecule has 0 spiro atoms. The van der Waals surface area contributed by atoms with Gasteiger partial charge in [-0.3, -0.25) is 0 Å². The maximum Gasteiger partial charge on any atom is 0.0482 e. The molecular weight excluding hydrogens is 570 g/mol. The van der Waals surface area contributed by atoms with E-state index in [2.05, 4.69) is 37.1 Å². The van der Waals surface area contributed by atoms with Gasteiger partial charge in [-0.15, -0.1) is 12.2 Å². The van der Waals surface area contributed by atoms with Crippen molar-refractivity contribution >= 4 is 5.69 Å². The maximum atomic E-state index is 8.95. The molecule has 2 aromatic rings. The first-order chi connectivity index (χ1) is 12.7. The molecule has 4 heteroatoms. The van der Waals surface area contributed by atoms with Gasteiger partial charge >= 0.3 is 0 Å². The summed E-state index contributed by atoms with van der Waals surface area (Å²) in [6.45, 7) is 9.09.